The van der Waals surface area contributed by atoms with Crippen LogP contribution >= 0.6 is 11.3 Å². The molecule has 1 saturated carbocycles. The van der Waals surface area contributed by atoms with Gasteiger partial charge < -0.3 is 9.84 Å². The van der Waals surface area contributed by atoms with E-state index in [1.807, 2.05) is 0 Å². The van der Waals surface area contributed by atoms with Crippen molar-refractivity contribution in [3.8, 4) is 0 Å². The third-order valence-corrected chi connectivity index (χ3v) is 5.48. The molecule has 2 heterocycles. The number of thiophene rings is 1. The lowest BCUT2D eigenvalue weighted by Crippen LogP contribution is -2.46. The molecule has 3 rings (SSSR count). The molecule has 4 nitrogen and oxygen atoms in total. The molecular weight excluding hydrogens is 286 g/mol. The first-order valence-electron chi connectivity index (χ1n) is 7.82. The fourth-order valence-corrected chi connectivity index (χ4v) is 4.35. The van der Waals surface area contributed by atoms with E-state index in [9.17, 15) is 9.90 Å². The fourth-order valence-electron chi connectivity index (χ4n) is 3.41. The second-order valence-corrected chi connectivity index (χ2v) is 7.06. The van der Waals surface area contributed by atoms with Crippen LogP contribution < -0.4 is 0 Å². The highest BCUT2D eigenvalue weighted by molar-refractivity contribution is 7.10. The Morgan fingerprint density at radius 1 is 1.52 bits per heavy atom. The molecule has 0 amide bonds. The number of nitrogens with zero attached hydrogens (tertiary/aromatic N) is 1. The Morgan fingerprint density at radius 2 is 2.33 bits per heavy atom. The van der Waals surface area contributed by atoms with Crippen LogP contribution in [-0.4, -0.2) is 41.8 Å². The summed E-state index contributed by atoms with van der Waals surface area (Å²) in [6, 6.07) is 4.68. The average molecular weight is 309 g/mol. The summed E-state index contributed by atoms with van der Waals surface area (Å²) in [6.07, 6.45) is 3.56. The van der Waals surface area contributed by atoms with E-state index in [1.165, 1.54) is 17.7 Å². The van der Waals surface area contributed by atoms with Gasteiger partial charge in [-0.05, 0) is 43.2 Å². The van der Waals surface area contributed by atoms with E-state index in [4.69, 9.17) is 4.74 Å². The molecule has 3 atom stereocenters. The zero-order valence-electron chi connectivity index (χ0n) is 12.4. The molecule has 2 aliphatic rings. The van der Waals surface area contributed by atoms with Crippen LogP contribution in [0, 0.1) is 11.8 Å². The molecule has 1 aromatic heterocycles. The smallest absolute Gasteiger partial charge is 0.310 e. The number of carbonyl (C=O) groups is 1. The molecule has 0 spiro atoms. The maximum atomic E-state index is 11.5. The summed E-state index contributed by atoms with van der Waals surface area (Å²) in [4.78, 5) is 15.3. The average Bonchev–Trinajstić information content (AvgIpc) is 2.96. The Hall–Kier alpha value is -0.910. The van der Waals surface area contributed by atoms with E-state index in [0.717, 1.165) is 13.0 Å². The number of ether oxygens (including phenoxy) is 1. The van der Waals surface area contributed by atoms with Crippen LogP contribution in [-0.2, 0) is 9.53 Å². The molecule has 5 heteroatoms. The van der Waals surface area contributed by atoms with Crippen molar-refractivity contribution >= 4 is 17.3 Å². The molecule has 1 saturated heterocycles. The van der Waals surface area contributed by atoms with Crippen molar-refractivity contribution in [1.82, 2.24) is 4.90 Å². The highest BCUT2D eigenvalue weighted by atomic mass is 32.1. The number of aliphatic carboxylic acids is 1. The topological polar surface area (TPSA) is 49.8 Å². The van der Waals surface area contributed by atoms with Gasteiger partial charge in [0.2, 0.25) is 0 Å². The molecule has 1 N–H and O–H groups in total. The molecule has 0 bridgehead atoms. The Morgan fingerprint density at radius 3 is 2.90 bits per heavy atom. The van der Waals surface area contributed by atoms with Gasteiger partial charge in [0.15, 0.2) is 0 Å². The lowest BCUT2D eigenvalue weighted by atomic mass is 9.97. The number of carboxylic acids is 1. The highest BCUT2D eigenvalue weighted by Gasteiger charge is 2.45. The van der Waals surface area contributed by atoms with Crippen molar-refractivity contribution < 1.29 is 14.6 Å². The standard InChI is InChI=1S/C16H23NO3S/c1-2-7-17(13-10-20-9-12(13)16(18)19)15(11-5-6-11)14-4-3-8-21-14/h3-4,8,11-13,15H,2,5-7,9-10H2,1H3,(H,18,19). The summed E-state index contributed by atoms with van der Waals surface area (Å²) in [5.74, 6) is -0.428. The van der Waals surface area contributed by atoms with Gasteiger partial charge in [-0.3, -0.25) is 9.69 Å². The van der Waals surface area contributed by atoms with E-state index in [1.54, 1.807) is 11.3 Å². The van der Waals surface area contributed by atoms with E-state index in [0.29, 0.717) is 25.2 Å². The Labute approximate surface area is 129 Å². The lowest BCUT2D eigenvalue weighted by molar-refractivity contribution is -0.143. The van der Waals surface area contributed by atoms with E-state index in [-0.39, 0.29) is 6.04 Å². The van der Waals surface area contributed by atoms with Crippen LogP contribution in [0.2, 0.25) is 0 Å². The summed E-state index contributed by atoms with van der Waals surface area (Å²) < 4.78 is 5.51. The first kappa shape index (κ1) is 15.0. The van der Waals surface area contributed by atoms with Crippen molar-refractivity contribution in [2.45, 2.75) is 38.3 Å². The molecule has 1 aliphatic carbocycles. The van der Waals surface area contributed by atoms with Gasteiger partial charge in [0, 0.05) is 17.0 Å². The highest BCUT2D eigenvalue weighted by Crippen LogP contribution is 2.47. The Balaban J connectivity index is 1.86. The molecule has 1 aliphatic heterocycles. The largest absolute Gasteiger partial charge is 0.481 e. The van der Waals surface area contributed by atoms with Crippen LogP contribution in [0.25, 0.3) is 0 Å². The minimum Gasteiger partial charge on any atom is -0.481 e. The van der Waals surface area contributed by atoms with Gasteiger partial charge in [0.25, 0.3) is 0 Å². The zero-order valence-corrected chi connectivity index (χ0v) is 13.2. The number of rotatable bonds is 7. The normalized spacial score (nSPS) is 27.1. The van der Waals surface area contributed by atoms with Crippen LogP contribution in [0.5, 0.6) is 0 Å². The monoisotopic (exact) mass is 309 g/mol. The van der Waals surface area contributed by atoms with Crippen LogP contribution in [0.3, 0.4) is 0 Å². The maximum Gasteiger partial charge on any atom is 0.310 e. The second kappa shape index (κ2) is 6.46. The third kappa shape index (κ3) is 3.15. The zero-order chi connectivity index (χ0) is 14.8. The van der Waals surface area contributed by atoms with Crippen molar-refractivity contribution in [2.75, 3.05) is 19.8 Å². The molecule has 116 valence electrons. The molecule has 0 radical (unpaired) electrons. The molecule has 0 aromatic carbocycles. The van der Waals surface area contributed by atoms with Gasteiger partial charge in [0.1, 0.15) is 0 Å². The first-order valence-corrected chi connectivity index (χ1v) is 8.70. The third-order valence-electron chi connectivity index (χ3n) is 4.54. The van der Waals surface area contributed by atoms with E-state index in [2.05, 4.69) is 29.3 Å². The summed E-state index contributed by atoms with van der Waals surface area (Å²) in [5.41, 5.74) is 0. The summed E-state index contributed by atoms with van der Waals surface area (Å²) >= 11 is 1.79. The maximum absolute atomic E-state index is 11.5. The first-order chi connectivity index (χ1) is 10.2. The quantitative estimate of drug-likeness (QED) is 0.841. The van der Waals surface area contributed by atoms with Gasteiger partial charge in [-0.15, -0.1) is 11.3 Å². The van der Waals surface area contributed by atoms with Gasteiger partial charge in [-0.2, -0.15) is 0 Å². The SMILES string of the molecule is CCCN(C1COCC1C(=O)O)C(c1cccs1)C1CC1. The number of hydrogen-bond donors (Lipinski definition) is 1. The molecule has 1 aromatic rings. The lowest BCUT2D eigenvalue weighted by Gasteiger charge is -2.37. The van der Waals surface area contributed by atoms with Gasteiger partial charge in [-0.1, -0.05) is 13.0 Å². The Bertz CT molecular complexity index is 472. The van der Waals surface area contributed by atoms with Crippen molar-refractivity contribution in [3.05, 3.63) is 22.4 Å². The van der Waals surface area contributed by atoms with E-state index >= 15 is 0 Å². The van der Waals surface area contributed by atoms with Crippen LogP contribution in [0.15, 0.2) is 17.5 Å². The predicted octanol–water partition coefficient (Wildman–Crippen LogP) is 3.01. The second-order valence-electron chi connectivity index (χ2n) is 6.09. The number of hydrogen-bond acceptors (Lipinski definition) is 4. The molecule has 3 unspecified atom stereocenters. The van der Waals surface area contributed by atoms with Gasteiger partial charge >= 0.3 is 5.97 Å². The molecular formula is C16H23NO3S. The minimum atomic E-state index is -0.723. The minimum absolute atomic E-state index is 0.00940. The van der Waals surface area contributed by atoms with Crippen molar-refractivity contribution in [1.29, 1.82) is 0 Å². The van der Waals surface area contributed by atoms with Crippen molar-refractivity contribution in [3.63, 3.8) is 0 Å². The number of carboxylic acid groups (broad SMARTS) is 1. The summed E-state index contributed by atoms with van der Waals surface area (Å²) in [5, 5.41) is 11.6. The molecule has 21 heavy (non-hydrogen) atoms. The van der Waals surface area contributed by atoms with Gasteiger partial charge in [0.05, 0.1) is 19.1 Å². The molecule has 2 fully saturated rings. The summed E-state index contributed by atoms with van der Waals surface area (Å²) in [7, 11) is 0. The Kier molecular flexibility index (Phi) is 4.62. The fraction of sp³-hybridized carbons (Fsp3) is 0.688. The van der Waals surface area contributed by atoms with Crippen molar-refractivity contribution in [2.24, 2.45) is 11.8 Å². The van der Waals surface area contributed by atoms with Crippen LogP contribution in [0.4, 0.5) is 0 Å². The predicted molar refractivity (Wildman–Crippen MR) is 82.5 cm³/mol. The van der Waals surface area contributed by atoms with Crippen LogP contribution in [0.1, 0.15) is 37.1 Å². The van der Waals surface area contributed by atoms with Gasteiger partial charge in [-0.25, -0.2) is 0 Å². The van der Waals surface area contributed by atoms with E-state index < -0.39 is 11.9 Å². The summed E-state index contributed by atoms with van der Waals surface area (Å²) in [6.45, 7) is 4.00.